The molecule has 1 unspecified atom stereocenters. The third kappa shape index (κ3) is 2.43. The van der Waals surface area contributed by atoms with Crippen LogP contribution in [0.4, 0.5) is 0 Å². The summed E-state index contributed by atoms with van der Waals surface area (Å²) in [7, 11) is 1.89. The normalized spacial score (nSPS) is 12.7. The largest absolute Gasteiger partial charge is 0.322 e. The Morgan fingerprint density at radius 2 is 2.25 bits per heavy atom. The highest BCUT2D eigenvalue weighted by Crippen LogP contribution is 2.12. The number of aromatic nitrogens is 4. The van der Waals surface area contributed by atoms with Gasteiger partial charge in [-0.15, -0.1) is 0 Å². The van der Waals surface area contributed by atoms with Gasteiger partial charge in [-0.05, 0) is 19.1 Å². The van der Waals surface area contributed by atoms with E-state index in [0.29, 0.717) is 6.42 Å². The molecule has 0 aliphatic carbocycles. The van der Waals surface area contributed by atoms with E-state index in [9.17, 15) is 0 Å². The van der Waals surface area contributed by atoms with Gasteiger partial charge < -0.3 is 5.73 Å². The molecule has 2 aromatic rings. The van der Waals surface area contributed by atoms with Crippen LogP contribution < -0.4 is 5.73 Å². The topological polar surface area (TPSA) is 69.6 Å². The first-order valence-corrected chi connectivity index (χ1v) is 5.19. The van der Waals surface area contributed by atoms with Gasteiger partial charge in [0.25, 0.3) is 0 Å². The maximum atomic E-state index is 6.07. The number of hydrogen-bond acceptors (Lipinski definition) is 4. The fourth-order valence-corrected chi connectivity index (χ4v) is 1.58. The Balaban J connectivity index is 2.11. The summed E-state index contributed by atoms with van der Waals surface area (Å²) in [4.78, 5) is 8.35. The maximum Gasteiger partial charge on any atom is 0.125 e. The molecule has 0 bridgehead atoms. The smallest absolute Gasteiger partial charge is 0.125 e. The molecule has 0 spiro atoms. The number of hydrogen-bond donors (Lipinski definition) is 1. The summed E-state index contributed by atoms with van der Waals surface area (Å²) in [6.07, 6.45) is 4.33. The average Bonchev–Trinajstić information content (AvgIpc) is 2.64. The molecule has 5 nitrogen and oxygen atoms in total. The number of rotatable bonds is 3. The summed E-state index contributed by atoms with van der Waals surface area (Å²) in [5.74, 6) is 0.744. The molecule has 2 heterocycles. The van der Waals surface area contributed by atoms with Crippen molar-refractivity contribution in [3.8, 4) is 0 Å². The Bertz CT molecular complexity index is 477. The van der Waals surface area contributed by atoms with Crippen LogP contribution in [0.1, 0.15) is 23.3 Å². The monoisotopic (exact) mass is 217 g/mol. The van der Waals surface area contributed by atoms with E-state index in [4.69, 9.17) is 5.73 Å². The van der Waals surface area contributed by atoms with Gasteiger partial charge in [-0.25, -0.2) is 9.97 Å². The summed E-state index contributed by atoms with van der Waals surface area (Å²) in [6.45, 7) is 1.86. The van der Waals surface area contributed by atoms with Gasteiger partial charge in [-0.3, -0.25) is 4.68 Å². The van der Waals surface area contributed by atoms with E-state index in [1.807, 2.05) is 32.3 Å². The Kier molecular flexibility index (Phi) is 2.96. The minimum atomic E-state index is -0.128. The summed E-state index contributed by atoms with van der Waals surface area (Å²) >= 11 is 0. The lowest BCUT2D eigenvalue weighted by molar-refractivity contribution is 0.655. The van der Waals surface area contributed by atoms with Crippen LogP contribution in [0.3, 0.4) is 0 Å². The molecule has 0 fully saturated rings. The highest BCUT2D eigenvalue weighted by atomic mass is 15.2. The van der Waals surface area contributed by atoms with Crippen LogP contribution in [0.2, 0.25) is 0 Å². The molecule has 84 valence electrons. The summed E-state index contributed by atoms with van der Waals surface area (Å²) in [6, 6.07) is 3.69. The average molecular weight is 217 g/mol. The first kappa shape index (κ1) is 10.8. The van der Waals surface area contributed by atoms with Crippen molar-refractivity contribution in [2.45, 2.75) is 19.4 Å². The molecule has 0 saturated carbocycles. The van der Waals surface area contributed by atoms with Crippen LogP contribution in [0.15, 0.2) is 24.5 Å². The summed E-state index contributed by atoms with van der Waals surface area (Å²) < 4.78 is 1.77. The summed E-state index contributed by atoms with van der Waals surface area (Å²) in [5, 5.41) is 4.29. The van der Waals surface area contributed by atoms with Crippen molar-refractivity contribution in [1.29, 1.82) is 0 Å². The van der Waals surface area contributed by atoms with E-state index in [1.165, 1.54) is 0 Å². The first-order chi connectivity index (χ1) is 7.65. The molecule has 2 rings (SSSR count). The van der Waals surface area contributed by atoms with E-state index in [1.54, 1.807) is 10.9 Å². The van der Waals surface area contributed by atoms with E-state index >= 15 is 0 Å². The van der Waals surface area contributed by atoms with Crippen LogP contribution in [0.25, 0.3) is 0 Å². The zero-order chi connectivity index (χ0) is 11.5. The Hall–Kier alpha value is -1.75. The third-order valence-electron chi connectivity index (χ3n) is 2.38. The number of nitrogens with zero attached hydrogens (tertiary/aromatic N) is 4. The molecule has 5 heteroatoms. The van der Waals surface area contributed by atoms with Crippen molar-refractivity contribution in [1.82, 2.24) is 19.7 Å². The Labute approximate surface area is 94.3 Å². The van der Waals surface area contributed by atoms with Gasteiger partial charge in [0.15, 0.2) is 0 Å². The van der Waals surface area contributed by atoms with Crippen molar-refractivity contribution in [2.75, 3.05) is 0 Å². The number of aryl methyl sites for hydroxylation is 2. The molecule has 0 aromatic carbocycles. The van der Waals surface area contributed by atoms with Crippen LogP contribution in [-0.4, -0.2) is 19.7 Å². The van der Waals surface area contributed by atoms with Gasteiger partial charge in [0, 0.05) is 25.9 Å². The van der Waals surface area contributed by atoms with Crippen molar-refractivity contribution < 1.29 is 0 Å². The summed E-state index contributed by atoms with van der Waals surface area (Å²) in [5.41, 5.74) is 7.90. The fourth-order valence-electron chi connectivity index (χ4n) is 1.58. The molecule has 2 aromatic heterocycles. The molecule has 0 amide bonds. The highest BCUT2D eigenvalue weighted by molar-refractivity contribution is 5.11. The van der Waals surface area contributed by atoms with Gasteiger partial charge in [-0.1, -0.05) is 0 Å². The second kappa shape index (κ2) is 4.40. The van der Waals surface area contributed by atoms with Crippen molar-refractivity contribution in [3.05, 3.63) is 41.7 Å². The highest BCUT2D eigenvalue weighted by Gasteiger charge is 2.10. The zero-order valence-electron chi connectivity index (χ0n) is 9.46. The minimum absolute atomic E-state index is 0.128. The van der Waals surface area contributed by atoms with E-state index in [0.717, 1.165) is 17.2 Å². The molecule has 0 aliphatic heterocycles. The molecule has 16 heavy (non-hydrogen) atoms. The molecule has 1 atom stereocenters. The van der Waals surface area contributed by atoms with Crippen LogP contribution in [-0.2, 0) is 13.5 Å². The van der Waals surface area contributed by atoms with Crippen LogP contribution in [0, 0.1) is 6.92 Å². The quantitative estimate of drug-likeness (QED) is 0.824. The van der Waals surface area contributed by atoms with E-state index < -0.39 is 0 Å². The predicted octanol–water partition coefficient (Wildman–Crippen LogP) is 0.761. The molecule has 0 saturated heterocycles. The molecule has 0 radical (unpaired) electrons. The van der Waals surface area contributed by atoms with Crippen molar-refractivity contribution in [2.24, 2.45) is 12.8 Å². The first-order valence-electron chi connectivity index (χ1n) is 5.19. The second-order valence-corrected chi connectivity index (χ2v) is 3.82. The lowest BCUT2D eigenvalue weighted by Crippen LogP contribution is -2.16. The molecule has 0 aliphatic rings. The number of nitrogens with two attached hydrogens (primary N) is 1. The Morgan fingerprint density at radius 3 is 2.88 bits per heavy atom. The van der Waals surface area contributed by atoms with Gasteiger partial charge in [0.05, 0.1) is 17.4 Å². The van der Waals surface area contributed by atoms with Crippen molar-refractivity contribution in [3.63, 3.8) is 0 Å². The standard InChI is InChI=1S/C11H15N5/c1-8-13-5-3-11(14-8)10(12)7-9-4-6-16(2)15-9/h3-6,10H,7,12H2,1-2H3. The lowest BCUT2D eigenvalue weighted by Gasteiger charge is -2.09. The second-order valence-electron chi connectivity index (χ2n) is 3.82. The molecule has 2 N–H and O–H groups in total. The van der Waals surface area contributed by atoms with Gasteiger partial charge in [-0.2, -0.15) is 5.10 Å². The van der Waals surface area contributed by atoms with Gasteiger partial charge in [0.2, 0.25) is 0 Å². The van der Waals surface area contributed by atoms with E-state index in [-0.39, 0.29) is 6.04 Å². The van der Waals surface area contributed by atoms with Crippen LogP contribution >= 0.6 is 0 Å². The van der Waals surface area contributed by atoms with Crippen molar-refractivity contribution >= 4 is 0 Å². The maximum absolute atomic E-state index is 6.07. The lowest BCUT2D eigenvalue weighted by atomic mass is 10.1. The molecular weight excluding hydrogens is 202 g/mol. The fraction of sp³-hybridized carbons (Fsp3) is 0.364. The zero-order valence-corrected chi connectivity index (χ0v) is 9.46. The third-order valence-corrected chi connectivity index (χ3v) is 2.38. The van der Waals surface area contributed by atoms with Gasteiger partial charge >= 0.3 is 0 Å². The van der Waals surface area contributed by atoms with Crippen LogP contribution in [0.5, 0.6) is 0 Å². The minimum Gasteiger partial charge on any atom is -0.322 e. The predicted molar refractivity (Wildman–Crippen MR) is 60.6 cm³/mol. The van der Waals surface area contributed by atoms with E-state index in [2.05, 4.69) is 15.1 Å². The van der Waals surface area contributed by atoms with Gasteiger partial charge in [0.1, 0.15) is 5.82 Å². The Morgan fingerprint density at radius 1 is 1.44 bits per heavy atom. The SMILES string of the molecule is Cc1nccc(C(N)Cc2ccn(C)n2)n1. The molecular formula is C11H15N5.